The first-order chi connectivity index (χ1) is 8.96. The highest BCUT2D eigenvalue weighted by Crippen LogP contribution is 2.20. The lowest BCUT2D eigenvalue weighted by Crippen LogP contribution is -2.29. The second kappa shape index (κ2) is 5.66. The zero-order chi connectivity index (χ0) is 13.9. The molecule has 2 N–H and O–H groups in total. The van der Waals surface area contributed by atoms with Crippen LogP contribution in [0.3, 0.4) is 0 Å². The SMILES string of the molecule is CS(=O)(=O)CCNC(=O)c1noc(C2CCCN2)n1. The number of amides is 1. The van der Waals surface area contributed by atoms with E-state index in [2.05, 4.69) is 20.8 Å². The maximum Gasteiger partial charge on any atom is 0.292 e. The summed E-state index contributed by atoms with van der Waals surface area (Å²) in [5.74, 6) is -0.326. The van der Waals surface area contributed by atoms with E-state index in [0.29, 0.717) is 5.89 Å². The average Bonchev–Trinajstić information content (AvgIpc) is 2.98. The summed E-state index contributed by atoms with van der Waals surface area (Å²) in [6, 6.07) is 0.00469. The number of carbonyl (C=O) groups excluding carboxylic acids is 1. The molecule has 0 spiro atoms. The molecule has 1 fully saturated rings. The molecule has 9 heteroatoms. The van der Waals surface area contributed by atoms with Crippen molar-refractivity contribution in [2.45, 2.75) is 18.9 Å². The monoisotopic (exact) mass is 288 g/mol. The molecule has 0 aliphatic carbocycles. The van der Waals surface area contributed by atoms with Crippen LogP contribution in [0.1, 0.15) is 35.4 Å². The van der Waals surface area contributed by atoms with Crippen LogP contribution in [0, 0.1) is 0 Å². The van der Waals surface area contributed by atoms with Crippen molar-refractivity contribution >= 4 is 15.7 Å². The molecule has 106 valence electrons. The third-order valence-corrected chi connectivity index (χ3v) is 3.71. The summed E-state index contributed by atoms with van der Waals surface area (Å²) in [6.45, 7) is 0.923. The van der Waals surface area contributed by atoms with Crippen molar-refractivity contribution in [3.8, 4) is 0 Å². The minimum Gasteiger partial charge on any atom is -0.348 e. The number of aromatic nitrogens is 2. The van der Waals surface area contributed by atoms with Crippen molar-refractivity contribution in [1.82, 2.24) is 20.8 Å². The predicted octanol–water partition coefficient (Wildman–Crippen LogP) is -0.731. The Morgan fingerprint density at radius 1 is 1.58 bits per heavy atom. The molecule has 1 unspecified atom stereocenters. The first-order valence-corrected chi connectivity index (χ1v) is 8.05. The van der Waals surface area contributed by atoms with E-state index in [4.69, 9.17) is 4.52 Å². The number of hydrogen-bond acceptors (Lipinski definition) is 7. The molecule has 1 aliphatic rings. The molecule has 1 saturated heterocycles. The zero-order valence-electron chi connectivity index (χ0n) is 10.5. The van der Waals surface area contributed by atoms with Gasteiger partial charge in [0.25, 0.3) is 11.7 Å². The maximum atomic E-state index is 11.6. The van der Waals surface area contributed by atoms with Gasteiger partial charge in [0.1, 0.15) is 9.84 Å². The van der Waals surface area contributed by atoms with Crippen LogP contribution in [0.2, 0.25) is 0 Å². The van der Waals surface area contributed by atoms with E-state index in [1.807, 2.05) is 0 Å². The van der Waals surface area contributed by atoms with Crippen molar-refractivity contribution in [1.29, 1.82) is 0 Å². The van der Waals surface area contributed by atoms with E-state index in [-0.39, 0.29) is 24.2 Å². The second-order valence-electron chi connectivity index (χ2n) is 4.49. The van der Waals surface area contributed by atoms with Gasteiger partial charge >= 0.3 is 0 Å². The number of carbonyl (C=O) groups is 1. The van der Waals surface area contributed by atoms with Gasteiger partial charge in [-0.15, -0.1) is 0 Å². The summed E-state index contributed by atoms with van der Waals surface area (Å²) in [4.78, 5) is 15.7. The molecule has 8 nitrogen and oxygen atoms in total. The lowest BCUT2D eigenvalue weighted by Gasteiger charge is -2.01. The summed E-state index contributed by atoms with van der Waals surface area (Å²) >= 11 is 0. The van der Waals surface area contributed by atoms with Crippen LogP contribution in [-0.2, 0) is 9.84 Å². The summed E-state index contributed by atoms with van der Waals surface area (Å²) in [6.07, 6.45) is 3.04. The van der Waals surface area contributed by atoms with Gasteiger partial charge in [-0.05, 0) is 19.4 Å². The Morgan fingerprint density at radius 2 is 2.37 bits per heavy atom. The van der Waals surface area contributed by atoms with Gasteiger partial charge in [0.05, 0.1) is 11.8 Å². The second-order valence-corrected chi connectivity index (χ2v) is 6.75. The molecule has 1 aromatic rings. The zero-order valence-corrected chi connectivity index (χ0v) is 11.4. The molecule has 1 amide bonds. The van der Waals surface area contributed by atoms with Gasteiger partial charge in [-0.25, -0.2) is 8.42 Å². The van der Waals surface area contributed by atoms with Crippen molar-refractivity contribution in [2.24, 2.45) is 0 Å². The summed E-state index contributed by atoms with van der Waals surface area (Å²) in [7, 11) is -3.10. The topological polar surface area (TPSA) is 114 Å². The van der Waals surface area contributed by atoms with E-state index in [0.717, 1.165) is 25.6 Å². The van der Waals surface area contributed by atoms with Gasteiger partial charge in [-0.2, -0.15) is 4.98 Å². The minimum atomic E-state index is -3.10. The van der Waals surface area contributed by atoms with Crippen LogP contribution in [0.25, 0.3) is 0 Å². The van der Waals surface area contributed by atoms with Gasteiger partial charge in [0, 0.05) is 12.8 Å². The van der Waals surface area contributed by atoms with E-state index in [1.165, 1.54) is 0 Å². The fourth-order valence-electron chi connectivity index (χ4n) is 1.79. The maximum absolute atomic E-state index is 11.6. The highest BCUT2D eigenvalue weighted by atomic mass is 32.2. The number of hydrogen-bond donors (Lipinski definition) is 2. The first kappa shape index (κ1) is 13.9. The van der Waals surface area contributed by atoms with Crippen LogP contribution in [0.5, 0.6) is 0 Å². The van der Waals surface area contributed by atoms with Gasteiger partial charge in [-0.3, -0.25) is 4.79 Å². The van der Waals surface area contributed by atoms with E-state index >= 15 is 0 Å². The van der Waals surface area contributed by atoms with Crippen LogP contribution < -0.4 is 10.6 Å². The minimum absolute atomic E-state index is 0.00469. The Morgan fingerprint density at radius 3 is 3.00 bits per heavy atom. The smallest absolute Gasteiger partial charge is 0.292 e. The van der Waals surface area contributed by atoms with Crippen molar-refractivity contribution in [3.63, 3.8) is 0 Å². The number of nitrogens with zero attached hydrogens (tertiary/aromatic N) is 2. The number of rotatable bonds is 5. The number of sulfone groups is 1. The summed E-state index contributed by atoms with van der Waals surface area (Å²) in [5, 5.41) is 9.21. The summed E-state index contributed by atoms with van der Waals surface area (Å²) in [5.41, 5.74) is 0. The van der Waals surface area contributed by atoms with E-state index < -0.39 is 15.7 Å². The highest BCUT2D eigenvalue weighted by Gasteiger charge is 2.24. The molecule has 19 heavy (non-hydrogen) atoms. The molecule has 0 aromatic carbocycles. The Bertz CT molecular complexity index is 548. The largest absolute Gasteiger partial charge is 0.348 e. The Hall–Kier alpha value is -1.48. The fourth-order valence-corrected chi connectivity index (χ4v) is 2.27. The molecule has 2 rings (SSSR count). The third kappa shape index (κ3) is 4.00. The molecule has 0 bridgehead atoms. The third-order valence-electron chi connectivity index (χ3n) is 2.76. The summed E-state index contributed by atoms with van der Waals surface area (Å²) < 4.78 is 26.9. The average molecular weight is 288 g/mol. The van der Waals surface area contributed by atoms with Crippen LogP contribution in [0.15, 0.2) is 4.52 Å². The lowest BCUT2D eigenvalue weighted by molar-refractivity contribution is 0.0943. The first-order valence-electron chi connectivity index (χ1n) is 5.98. The highest BCUT2D eigenvalue weighted by molar-refractivity contribution is 7.90. The molecule has 2 heterocycles. The van der Waals surface area contributed by atoms with Gasteiger partial charge in [0.2, 0.25) is 5.89 Å². The molecular weight excluding hydrogens is 272 g/mol. The predicted molar refractivity (Wildman–Crippen MR) is 66.3 cm³/mol. The molecule has 1 aromatic heterocycles. The number of nitrogens with one attached hydrogen (secondary N) is 2. The Balaban J connectivity index is 1.89. The van der Waals surface area contributed by atoms with Crippen LogP contribution in [0.4, 0.5) is 0 Å². The van der Waals surface area contributed by atoms with Crippen molar-refractivity contribution in [2.75, 3.05) is 25.1 Å². The normalized spacial score (nSPS) is 19.5. The van der Waals surface area contributed by atoms with E-state index in [1.54, 1.807) is 0 Å². The molecule has 1 aliphatic heterocycles. The fraction of sp³-hybridized carbons (Fsp3) is 0.700. The van der Waals surface area contributed by atoms with E-state index in [9.17, 15) is 13.2 Å². The van der Waals surface area contributed by atoms with Gasteiger partial charge < -0.3 is 15.2 Å². The Kier molecular flexibility index (Phi) is 4.15. The van der Waals surface area contributed by atoms with Crippen LogP contribution >= 0.6 is 0 Å². The van der Waals surface area contributed by atoms with Gasteiger partial charge in [-0.1, -0.05) is 5.16 Å². The molecule has 1 atom stereocenters. The molecule has 0 saturated carbocycles. The quantitative estimate of drug-likeness (QED) is 0.734. The molecule has 0 radical (unpaired) electrons. The standard InChI is InChI=1S/C10H16N4O4S/c1-19(16,17)6-5-12-9(15)8-13-10(18-14-8)7-3-2-4-11-7/h7,11H,2-6H2,1H3,(H,12,15). The van der Waals surface area contributed by atoms with Crippen molar-refractivity contribution < 1.29 is 17.7 Å². The van der Waals surface area contributed by atoms with Gasteiger partial charge in [0.15, 0.2) is 0 Å². The molecular formula is C10H16N4O4S. The van der Waals surface area contributed by atoms with Crippen molar-refractivity contribution in [3.05, 3.63) is 11.7 Å². The van der Waals surface area contributed by atoms with Crippen LogP contribution in [-0.4, -0.2) is 49.6 Å². The Labute approximate surface area is 110 Å². The lowest BCUT2D eigenvalue weighted by atomic mass is 10.2.